The van der Waals surface area contributed by atoms with Crippen molar-refractivity contribution in [3.8, 4) is 0 Å². The average Bonchev–Trinajstić information content (AvgIpc) is 2.29. The molecule has 1 rings (SSSR count). The van der Waals surface area contributed by atoms with E-state index in [2.05, 4.69) is 5.32 Å². The summed E-state index contributed by atoms with van der Waals surface area (Å²) in [5, 5.41) is 2.82. The lowest BCUT2D eigenvalue weighted by atomic mass is 10.1. The van der Waals surface area contributed by atoms with Crippen molar-refractivity contribution in [2.24, 2.45) is 5.73 Å². The van der Waals surface area contributed by atoms with Crippen molar-refractivity contribution in [2.45, 2.75) is 25.8 Å². The van der Waals surface area contributed by atoms with Crippen LogP contribution in [0.15, 0.2) is 30.3 Å². The average molecular weight is 206 g/mol. The molecule has 1 amide bonds. The second kappa shape index (κ2) is 6.19. The Bertz CT molecular complexity index is 298. The molecule has 0 saturated heterocycles. The Morgan fingerprint density at radius 3 is 2.67 bits per heavy atom. The highest BCUT2D eigenvalue weighted by Gasteiger charge is 2.08. The molecule has 0 bridgehead atoms. The minimum absolute atomic E-state index is 0.0616. The lowest BCUT2D eigenvalue weighted by molar-refractivity contribution is -0.122. The van der Waals surface area contributed by atoms with E-state index in [-0.39, 0.29) is 11.9 Å². The summed E-state index contributed by atoms with van der Waals surface area (Å²) in [7, 11) is 0. The number of hydrogen-bond acceptors (Lipinski definition) is 2. The summed E-state index contributed by atoms with van der Waals surface area (Å²) in [5.74, 6) is -0.0616. The van der Waals surface area contributed by atoms with Crippen LogP contribution in [0, 0.1) is 0 Å². The normalized spacial score (nSPS) is 12.1. The number of benzene rings is 1. The summed E-state index contributed by atoms with van der Waals surface area (Å²) in [6, 6.07) is 9.69. The molecule has 0 aliphatic rings. The predicted molar refractivity (Wildman–Crippen MR) is 61.4 cm³/mol. The minimum atomic E-state index is -0.374. The van der Waals surface area contributed by atoms with Crippen molar-refractivity contribution in [1.82, 2.24) is 5.32 Å². The van der Waals surface area contributed by atoms with Gasteiger partial charge in [-0.25, -0.2) is 0 Å². The maximum Gasteiger partial charge on any atom is 0.236 e. The highest BCUT2D eigenvalue weighted by atomic mass is 16.2. The molecule has 1 aromatic carbocycles. The molecule has 82 valence electrons. The minimum Gasteiger partial charge on any atom is -0.354 e. The first-order valence-electron chi connectivity index (χ1n) is 5.31. The SMILES string of the molecule is CCC(N)C(=O)NCCc1ccccc1. The zero-order valence-corrected chi connectivity index (χ0v) is 9.07. The van der Waals surface area contributed by atoms with Crippen LogP contribution in [0.3, 0.4) is 0 Å². The second-order valence-corrected chi connectivity index (χ2v) is 3.54. The number of nitrogens with two attached hydrogens (primary N) is 1. The van der Waals surface area contributed by atoms with Gasteiger partial charge in [0, 0.05) is 6.54 Å². The van der Waals surface area contributed by atoms with Crippen LogP contribution in [0.2, 0.25) is 0 Å². The molecule has 0 radical (unpaired) electrons. The summed E-state index contributed by atoms with van der Waals surface area (Å²) >= 11 is 0. The van der Waals surface area contributed by atoms with Gasteiger partial charge in [-0.15, -0.1) is 0 Å². The molecule has 3 heteroatoms. The first-order chi connectivity index (χ1) is 7.24. The molecule has 3 N–H and O–H groups in total. The van der Waals surface area contributed by atoms with E-state index >= 15 is 0 Å². The van der Waals surface area contributed by atoms with Crippen LogP contribution in [-0.4, -0.2) is 18.5 Å². The van der Waals surface area contributed by atoms with Crippen molar-refractivity contribution in [2.75, 3.05) is 6.54 Å². The van der Waals surface area contributed by atoms with E-state index < -0.39 is 0 Å². The summed E-state index contributed by atoms with van der Waals surface area (Å²) in [5.41, 5.74) is 6.81. The molecule has 3 nitrogen and oxygen atoms in total. The number of amides is 1. The number of nitrogens with one attached hydrogen (secondary N) is 1. The third-order valence-electron chi connectivity index (χ3n) is 2.33. The topological polar surface area (TPSA) is 55.1 Å². The van der Waals surface area contributed by atoms with E-state index in [4.69, 9.17) is 5.73 Å². The second-order valence-electron chi connectivity index (χ2n) is 3.54. The van der Waals surface area contributed by atoms with E-state index in [0.717, 1.165) is 6.42 Å². The Morgan fingerprint density at radius 1 is 1.40 bits per heavy atom. The fourth-order valence-corrected chi connectivity index (χ4v) is 1.29. The fourth-order valence-electron chi connectivity index (χ4n) is 1.29. The Kier molecular flexibility index (Phi) is 4.84. The molecule has 0 aliphatic carbocycles. The Morgan fingerprint density at radius 2 is 2.07 bits per heavy atom. The van der Waals surface area contributed by atoms with E-state index in [1.54, 1.807) is 0 Å². The molecule has 0 aromatic heterocycles. The van der Waals surface area contributed by atoms with Crippen LogP contribution >= 0.6 is 0 Å². The first-order valence-corrected chi connectivity index (χ1v) is 5.31. The van der Waals surface area contributed by atoms with Crippen molar-refractivity contribution in [1.29, 1.82) is 0 Å². The maximum atomic E-state index is 11.3. The summed E-state index contributed by atoms with van der Waals surface area (Å²) in [4.78, 5) is 11.3. The molecule has 0 aliphatic heterocycles. The summed E-state index contributed by atoms with van der Waals surface area (Å²) in [6.07, 6.45) is 1.53. The molecule has 15 heavy (non-hydrogen) atoms. The summed E-state index contributed by atoms with van der Waals surface area (Å²) < 4.78 is 0. The zero-order valence-electron chi connectivity index (χ0n) is 9.07. The molecule has 1 unspecified atom stereocenters. The lowest BCUT2D eigenvalue weighted by Gasteiger charge is -2.09. The van der Waals surface area contributed by atoms with Gasteiger partial charge in [-0.05, 0) is 18.4 Å². The van der Waals surface area contributed by atoms with Gasteiger partial charge in [0.1, 0.15) is 0 Å². The van der Waals surface area contributed by atoms with Gasteiger partial charge in [-0.2, -0.15) is 0 Å². The molecule has 1 atom stereocenters. The highest BCUT2D eigenvalue weighted by Crippen LogP contribution is 1.98. The van der Waals surface area contributed by atoms with E-state index in [9.17, 15) is 4.79 Å². The summed E-state index contributed by atoms with van der Waals surface area (Å²) in [6.45, 7) is 2.55. The fraction of sp³-hybridized carbons (Fsp3) is 0.417. The molecule has 0 spiro atoms. The quantitative estimate of drug-likeness (QED) is 0.757. The smallest absolute Gasteiger partial charge is 0.236 e. The predicted octanol–water partition coefficient (Wildman–Crippen LogP) is 1.08. The molecule has 1 aromatic rings. The monoisotopic (exact) mass is 206 g/mol. The van der Waals surface area contributed by atoms with Gasteiger partial charge in [-0.3, -0.25) is 4.79 Å². The van der Waals surface area contributed by atoms with E-state index in [1.807, 2.05) is 37.3 Å². The zero-order chi connectivity index (χ0) is 11.1. The Hall–Kier alpha value is -1.35. The molecule has 0 fully saturated rings. The number of carbonyl (C=O) groups excluding carboxylic acids is 1. The van der Waals surface area contributed by atoms with Crippen molar-refractivity contribution < 1.29 is 4.79 Å². The molecule has 0 heterocycles. The van der Waals surface area contributed by atoms with Crippen LogP contribution in [0.25, 0.3) is 0 Å². The lowest BCUT2D eigenvalue weighted by Crippen LogP contribution is -2.40. The Balaban J connectivity index is 2.25. The first kappa shape index (κ1) is 11.7. The number of hydrogen-bond donors (Lipinski definition) is 2. The third-order valence-corrected chi connectivity index (χ3v) is 2.33. The van der Waals surface area contributed by atoms with Gasteiger partial charge in [0.05, 0.1) is 6.04 Å². The number of carbonyl (C=O) groups is 1. The third kappa shape index (κ3) is 4.13. The maximum absolute atomic E-state index is 11.3. The Labute approximate surface area is 90.7 Å². The van der Waals surface area contributed by atoms with Gasteiger partial charge in [0.2, 0.25) is 5.91 Å². The number of rotatable bonds is 5. The van der Waals surface area contributed by atoms with Crippen LogP contribution < -0.4 is 11.1 Å². The molecular weight excluding hydrogens is 188 g/mol. The van der Waals surface area contributed by atoms with Gasteiger partial charge in [0.15, 0.2) is 0 Å². The molecule has 0 saturated carbocycles. The van der Waals surface area contributed by atoms with Crippen molar-refractivity contribution in [3.05, 3.63) is 35.9 Å². The van der Waals surface area contributed by atoms with Crippen LogP contribution in [0.4, 0.5) is 0 Å². The van der Waals surface area contributed by atoms with Crippen LogP contribution in [-0.2, 0) is 11.2 Å². The standard InChI is InChI=1S/C12H18N2O/c1-2-11(13)12(15)14-9-8-10-6-4-3-5-7-10/h3-7,11H,2,8-9,13H2,1H3,(H,14,15). The largest absolute Gasteiger partial charge is 0.354 e. The van der Waals surface area contributed by atoms with Crippen molar-refractivity contribution in [3.63, 3.8) is 0 Å². The van der Waals surface area contributed by atoms with Gasteiger partial charge in [0.25, 0.3) is 0 Å². The van der Waals surface area contributed by atoms with Crippen molar-refractivity contribution >= 4 is 5.91 Å². The van der Waals surface area contributed by atoms with Crippen LogP contribution in [0.1, 0.15) is 18.9 Å². The van der Waals surface area contributed by atoms with Gasteiger partial charge < -0.3 is 11.1 Å². The van der Waals surface area contributed by atoms with E-state index in [1.165, 1.54) is 5.56 Å². The highest BCUT2D eigenvalue weighted by molar-refractivity contribution is 5.81. The van der Waals surface area contributed by atoms with Gasteiger partial charge >= 0.3 is 0 Å². The van der Waals surface area contributed by atoms with Gasteiger partial charge in [-0.1, -0.05) is 37.3 Å². The van der Waals surface area contributed by atoms with Crippen LogP contribution in [0.5, 0.6) is 0 Å². The molecular formula is C12H18N2O. The van der Waals surface area contributed by atoms with E-state index in [0.29, 0.717) is 13.0 Å².